The molecule has 2 rings (SSSR count). The van der Waals surface area contributed by atoms with E-state index < -0.39 is 5.82 Å². The fraction of sp³-hybridized carbons (Fsp3) is 0.0769. The lowest BCUT2D eigenvalue weighted by molar-refractivity contribution is 0.111. The van der Waals surface area contributed by atoms with Crippen LogP contribution in [-0.2, 0) is 0 Å². The Balaban J connectivity index is 2.48. The van der Waals surface area contributed by atoms with Crippen molar-refractivity contribution in [1.82, 2.24) is 4.98 Å². The van der Waals surface area contributed by atoms with Gasteiger partial charge in [-0.3, -0.25) is 9.78 Å². The Bertz CT molecular complexity index is 555. The minimum absolute atomic E-state index is 0.00202. The molecule has 0 saturated heterocycles. The van der Waals surface area contributed by atoms with Crippen LogP contribution in [0.2, 0.25) is 0 Å². The van der Waals surface area contributed by atoms with E-state index >= 15 is 0 Å². The van der Waals surface area contributed by atoms with E-state index in [1.807, 2.05) is 6.07 Å². The second-order valence-corrected chi connectivity index (χ2v) is 3.44. The molecular weight excluding hydrogens is 221 g/mol. The number of halogens is 1. The number of nitrogens with zero attached hydrogens (tertiary/aromatic N) is 1. The zero-order chi connectivity index (χ0) is 12.3. The van der Waals surface area contributed by atoms with Gasteiger partial charge in [0.25, 0.3) is 0 Å². The molecule has 0 spiro atoms. The summed E-state index contributed by atoms with van der Waals surface area (Å²) in [6.07, 6.45) is 1.51. The van der Waals surface area contributed by atoms with Crippen molar-refractivity contribution >= 4 is 6.29 Å². The molecule has 2 aromatic rings. The van der Waals surface area contributed by atoms with Crippen molar-refractivity contribution in [3.05, 3.63) is 47.9 Å². The van der Waals surface area contributed by atoms with Gasteiger partial charge in [-0.2, -0.15) is 0 Å². The monoisotopic (exact) mass is 231 g/mol. The molecule has 1 aromatic heterocycles. The molecule has 0 amide bonds. The molecule has 0 bridgehead atoms. The summed E-state index contributed by atoms with van der Waals surface area (Å²) in [5.74, 6) is 0.0629. The van der Waals surface area contributed by atoms with Crippen LogP contribution in [-0.4, -0.2) is 18.4 Å². The minimum Gasteiger partial charge on any atom is -0.497 e. The molecule has 0 radical (unpaired) electrons. The predicted octanol–water partition coefficient (Wildman–Crippen LogP) is 2.71. The number of rotatable bonds is 3. The molecule has 4 heteroatoms. The molecule has 0 aliphatic heterocycles. The van der Waals surface area contributed by atoms with E-state index in [9.17, 15) is 9.18 Å². The van der Waals surface area contributed by atoms with Crippen LogP contribution < -0.4 is 4.74 Å². The zero-order valence-electron chi connectivity index (χ0n) is 9.18. The SMILES string of the molecule is COc1cccc(-c2cc(C=O)c(F)cn2)c1. The molecule has 17 heavy (non-hydrogen) atoms. The molecule has 0 atom stereocenters. The van der Waals surface area contributed by atoms with Crippen molar-refractivity contribution in [3.8, 4) is 17.0 Å². The highest BCUT2D eigenvalue weighted by atomic mass is 19.1. The van der Waals surface area contributed by atoms with Crippen LogP contribution in [0.4, 0.5) is 4.39 Å². The molecule has 0 saturated carbocycles. The molecule has 0 fully saturated rings. The van der Waals surface area contributed by atoms with Crippen LogP contribution in [0.15, 0.2) is 36.5 Å². The maximum absolute atomic E-state index is 13.1. The summed E-state index contributed by atoms with van der Waals surface area (Å²) in [6, 6.07) is 8.61. The molecule has 0 aliphatic carbocycles. The maximum Gasteiger partial charge on any atom is 0.153 e. The first-order chi connectivity index (χ1) is 8.24. The fourth-order valence-electron chi connectivity index (χ4n) is 1.48. The van der Waals surface area contributed by atoms with Crippen molar-refractivity contribution in [3.63, 3.8) is 0 Å². The summed E-state index contributed by atoms with van der Waals surface area (Å²) >= 11 is 0. The number of carbonyl (C=O) groups excluding carboxylic acids is 1. The van der Waals surface area contributed by atoms with Gasteiger partial charge in [0.1, 0.15) is 5.75 Å². The average molecular weight is 231 g/mol. The standard InChI is InChI=1S/C13H10FNO2/c1-17-11-4-2-3-9(5-11)13-6-10(8-16)12(14)7-15-13/h2-8H,1H3. The van der Waals surface area contributed by atoms with Crippen LogP contribution in [0.3, 0.4) is 0 Å². The number of carbonyl (C=O) groups is 1. The molecular formula is C13H10FNO2. The highest BCUT2D eigenvalue weighted by Gasteiger charge is 2.06. The minimum atomic E-state index is -0.619. The third kappa shape index (κ3) is 2.30. The summed E-state index contributed by atoms with van der Waals surface area (Å²) in [7, 11) is 1.56. The van der Waals surface area contributed by atoms with E-state index in [1.54, 1.807) is 25.3 Å². The highest BCUT2D eigenvalue weighted by molar-refractivity contribution is 5.78. The first kappa shape index (κ1) is 11.3. The molecule has 1 heterocycles. The highest BCUT2D eigenvalue weighted by Crippen LogP contribution is 2.23. The Morgan fingerprint density at radius 3 is 2.88 bits per heavy atom. The lowest BCUT2D eigenvalue weighted by atomic mass is 10.1. The second kappa shape index (κ2) is 4.74. The van der Waals surface area contributed by atoms with Crippen LogP contribution in [0, 0.1) is 5.82 Å². The van der Waals surface area contributed by atoms with E-state index in [2.05, 4.69) is 4.98 Å². The third-order valence-corrected chi connectivity index (χ3v) is 2.38. The van der Waals surface area contributed by atoms with Crippen molar-refractivity contribution in [1.29, 1.82) is 0 Å². The normalized spacial score (nSPS) is 10.0. The van der Waals surface area contributed by atoms with E-state index in [-0.39, 0.29) is 5.56 Å². The van der Waals surface area contributed by atoms with E-state index in [1.165, 1.54) is 6.07 Å². The van der Waals surface area contributed by atoms with Crippen molar-refractivity contribution in [2.24, 2.45) is 0 Å². The van der Waals surface area contributed by atoms with Gasteiger partial charge in [-0.25, -0.2) is 4.39 Å². The van der Waals surface area contributed by atoms with Gasteiger partial charge in [0, 0.05) is 5.56 Å². The molecule has 0 unspecified atom stereocenters. The lowest BCUT2D eigenvalue weighted by Gasteiger charge is -2.04. The van der Waals surface area contributed by atoms with Gasteiger partial charge in [0.05, 0.1) is 24.6 Å². The summed E-state index contributed by atoms with van der Waals surface area (Å²) in [6.45, 7) is 0. The van der Waals surface area contributed by atoms with Gasteiger partial charge in [-0.05, 0) is 18.2 Å². The van der Waals surface area contributed by atoms with Gasteiger partial charge >= 0.3 is 0 Å². The first-order valence-electron chi connectivity index (χ1n) is 4.99. The third-order valence-electron chi connectivity index (χ3n) is 2.38. The Labute approximate surface area is 97.9 Å². The molecule has 3 nitrogen and oxygen atoms in total. The van der Waals surface area contributed by atoms with E-state index in [0.29, 0.717) is 17.7 Å². The Kier molecular flexibility index (Phi) is 3.14. The molecule has 86 valence electrons. The Hall–Kier alpha value is -2.23. The molecule has 0 N–H and O–H groups in total. The maximum atomic E-state index is 13.1. The number of benzene rings is 1. The summed E-state index contributed by atoms with van der Waals surface area (Å²) < 4.78 is 18.2. The van der Waals surface area contributed by atoms with Gasteiger partial charge in [-0.15, -0.1) is 0 Å². The van der Waals surface area contributed by atoms with Crippen molar-refractivity contribution in [2.75, 3.05) is 7.11 Å². The molecule has 0 aliphatic rings. The largest absolute Gasteiger partial charge is 0.497 e. The lowest BCUT2D eigenvalue weighted by Crippen LogP contribution is -1.92. The summed E-state index contributed by atoms with van der Waals surface area (Å²) in [4.78, 5) is 14.6. The van der Waals surface area contributed by atoms with Gasteiger partial charge < -0.3 is 4.74 Å². The predicted molar refractivity (Wildman–Crippen MR) is 61.6 cm³/mol. The fourth-order valence-corrected chi connectivity index (χ4v) is 1.48. The zero-order valence-corrected chi connectivity index (χ0v) is 9.18. The van der Waals surface area contributed by atoms with Crippen LogP contribution in [0.5, 0.6) is 5.75 Å². The van der Waals surface area contributed by atoms with Crippen molar-refractivity contribution in [2.45, 2.75) is 0 Å². The summed E-state index contributed by atoms with van der Waals surface area (Å²) in [5, 5.41) is 0. The number of hydrogen-bond acceptors (Lipinski definition) is 3. The van der Waals surface area contributed by atoms with Gasteiger partial charge in [-0.1, -0.05) is 12.1 Å². The Morgan fingerprint density at radius 1 is 1.35 bits per heavy atom. The van der Waals surface area contributed by atoms with Crippen LogP contribution in [0.25, 0.3) is 11.3 Å². The van der Waals surface area contributed by atoms with E-state index in [4.69, 9.17) is 4.74 Å². The smallest absolute Gasteiger partial charge is 0.153 e. The number of ether oxygens (including phenoxy) is 1. The number of pyridine rings is 1. The van der Waals surface area contributed by atoms with Gasteiger partial charge in [0.2, 0.25) is 0 Å². The second-order valence-electron chi connectivity index (χ2n) is 3.44. The average Bonchev–Trinajstić information content (AvgIpc) is 2.39. The molecule has 1 aromatic carbocycles. The first-order valence-corrected chi connectivity index (χ1v) is 4.99. The quantitative estimate of drug-likeness (QED) is 0.762. The number of methoxy groups -OCH3 is 1. The number of aromatic nitrogens is 1. The summed E-state index contributed by atoms with van der Waals surface area (Å²) in [5.41, 5.74) is 1.30. The number of aldehydes is 1. The van der Waals surface area contributed by atoms with Crippen LogP contribution >= 0.6 is 0 Å². The Morgan fingerprint density at radius 2 is 2.18 bits per heavy atom. The number of hydrogen-bond donors (Lipinski definition) is 0. The van der Waals surface area contributed by atoms with Gasteiger partial charge in [0.15, 0.2) is 12.1 Å². The van der Waals surface area contributed by atoms with E-state index in [0.717, 1.165) is 11.8 Å². The van der Waals surface area contributed by atoms with Crippen LogP contribution in [0.1, 0.15) is 10.4 Å². The van der Waals surface area contributed by atoms with Crippen molar-refractivity contribution < 1.29 is 13.9 Å². The topological polar surface area (TPSA) is 39.2 Å².